The summed E-state index contributed by atoms with van der Waals surface area (Å²) in [4.78, 5) is 14.6. The van der Waals surface area contributed by atoms with Crippen molar-refractivity contribution in [3.05, 3.63) is 72.9 Å². The van der Waals surface area contributed by atoms with Gasteiger partial charge in [0.1, 0.15) is 6.10 Å². The summed E-state index contributed by atoms with van der Waals surface area (Å²) in [5.74, 6) is -0.0159. The molecule has 46 heavy (non-hydrogen) atoms. The third kappa shape index (κ3) is 36.3. The van der Waals surface area contributed by atoms with Crippen molar-refractivity contribution in [1.29, 1.82) is 0 Å². The minimum absolute atomic E-state index is 0.0159. The second-order valence-electron chi connectivity index (χ2n) is 13.1. The van der Waals surface area contributed by atoms with Gasteiger partial charge in [-0.1, -0.05) is 125 Å². The molecule has 0 saturated heterocycles. The predicted octanol–water partition coefficient (Wildman–Crippen LogP) is 13.2. The first-order chi connectivity index (χ1) is 22.6. The van der Waals surface area contributed by atoms with Crippen molar-refractivity contribution in [2.45, 2.75) is 174 Å². The third-order valence-corrected chi connectivity index (χ3v) is 8.12. The molecule has 0 aromatic carbocycles. The Labute approximate surface area is 287 Å². The van der Waals surface area contributed by atoms with Crippen molar-refractivity contribution in [1.82, 2.24) is 4.90 Å². The van der Waals surface area contributed by atoms with E-state index in [9.17, 15) is 4.79 Å². The molecule has 0 atom stereocenters. The molecule has 0 spiro atoms. The first kappa shape index (κ1) is 43.9. The fourth-order valence-electron chi connectivity index (χ4n) is 5.25. The molecule has 0 aromatic rings. The highest BCUT2D eigenvalue weighted by molar-refractivity contribution is 5.69. The van der Waals surface area contributed by atoms with Crippen molar-refractivity contribution >= 4 is 5.97 Å². The van der Waals surface area contributed by atoms with Gasteiger partial charge in [0.25, 0.3) is 0 Å². The quantitative estimate of drug-likeness (QED) is 0.0407. The van der Waals surface area contributed by atoms with E-state index in [-0.39, 0.29) is 12.1 Å². The molecule has 0 N–H and O–H groups in total. The molecule has 264 valence electrons. The lowest BCUT2D eigenvalue weighted by Gasteiger charge is -2.18. The zero-order valence-electron chi connectivity index (χ0n) is 30.9. The Hall–Kier alpha value is -2.13. The molecular formula is C43H75NO2. The van der Waals surface area contributed by atoms with Crippen LogP contribution in [0.2, 0.25) is 0 Å². The number of carbonyl (C=O) groups is 1. The maximum Gasteiger partial charge on any atom is 0.306 e. The van der Waals surface area contributed by atoms with Crippen LogP contribution in [-0.4, -0.2) is 37.6 Å². The molecular weight excluding hydrogens is 562 g/mol. The zero-order chi connectivity index (χ0) is 33.6. The molecule has 0 radical (unpaired) electrons. The highest BCUT2D eigenvalue weighted by atomic mass is 16.5. The number of carbonyl (C=O) groups excluding carboxylic acids is 1. The van der Waals surface area contributed by atoms with Crippen LogP contribution in [-0.2, 0) is 9.53 Å². The average molecular weight is 638 g/mol. The smallest absolute Gasteiger partial charge is 0.306 e. The SMILES string of the molecule is CCCCC/C=C/C/C=C/C/C=C/CCCCCC(CCCCC/C=C/C/C=C/C/C=C/CCCCC)OC(=O)CCCN(C)C. The summed E-state index contributed by atoms with van der Waals surface area (Å²) >= 11 is 0. The molecule has 0 saturated carbocycles. The maximum absolute atomic E-state index is 12.5. The molecule has 0 aliphatic rings. The van der Waals surface area contributed by atoms with E-state index in [1.54, 1.807) is 0 Å². The van der Waals surface area contributed by atoms with Gasteiger partial charge < -0.3 is 9.64 Å². The molecule has 0 rings (SSSR count). The summed E-state index contributed by atoms with van der Waals surface area (Å²) in [6.45, 7) is 5.44. The molecule has 0 heterocycles. The van der Waals surface area contributed by atoms with Crippen LogP contribution < -0.4 is 0 Å². The Morgan fingerprint density at radius 1 is 0.500 bits per heavy atom. The normalized spacial score (nSPS) is 12.7. The van der Waals surface area contributed by atoms with Gasteiger partial charge in [-0.25, -0.2) is 0 Å². The van der Waals surface area contributed by atoms with Crippen molar-refractivity contribution in [3.63, 3.8) is 0 Å². The summed E-state index contributed by atoms with van der Waals surface area (Å²) in [5.41, 5.74) is 0. The standard InChI is InChI=1S/C43H75NO2/c1-5-7-9-11-13-15-17-19-21-23-25-27-29-31-33-35-38-42(46-43(45)40-37-41-44(3)4)39-36-34-32-30-28-26-24-22-20-18-16-14-12-10-8-6-2/h13-16,19-22,25-28,42H,5-12,17-18,23-24,29-41H2,1-4H3/b15-13+,16-14+,21-19+,22-20+,27-25+,28-26+. The van der Waals surface area contributed by atoms with E-state index in [1.807, 2.05) is 0 Å². The number of hydrogen-bond acceptors (Lipinski definition) is 3. The van der Waals surface area contributed by atoms with Crippen molar-refractivity contribution in [3.8, 4) is 0 Å². The van der Waals surface area contributed by atoms with Gasteiger partial charge in [-0.3, -0.25) is 4.79 Å². The summed E-state index contributed by atoms with van der Waals surface area (Å²) in [5, 5.41) is 0. The van der Waals surface area contributed by atoms with Gasteiger partial charge >= 0.3 is 5.97 Å². The van der Waals surface area contributed by atoms with Crippen LogP contribution >= 0.6 is 0 Å². The first-order valence-electron chi connectivity index (χ1n) is 19.3. The van der Waals surface area contributed by atoms with Gasteiger partial charge in [-0.05, 0) is 130 Å². The molecule has 3 nitrogen and oxygen atoms in total. The molecule has 3 heteroatoms. The van der Waals surface area contributed by atoms with E-state index in [0.717, 1.165) is 77.2 Å². The van der Waals surface area contributed by atoms with Gasteiger partial charge in [-0.2, -0.15) is 0 Å². The van der Waals surface area contributed by atoms with E-state index in [0.29, 0.717) is 6.42 Å². The minimum Gasteiger partial charge on any atom is -0.462 e. The van der Waals surface area contributed by atoms with Gasteiger partial charge in [0.2, 0.25) is 0 Å². The molecule has 0 unspecified atom stereocenters. The molecule has 0 amide bonds. The summed E-state index contributed by atoms with van der Waals surface area (Å²) in [6, 6.07) is 0. The molecule has 0 aliphatic heterocycles. The minimum atomic E-state index is -0.0159. The predicted molar refractivity (Wildman–Crippen MR) is 205 cm³/mol. The Balaban J connectivity index is 4.15. The van der Waals surface area contributed by atoms with Crippen LogP contribution in [0.15, 0.2) is 72.9 Å². The lowest BCUT2D eigenvalue weighted by molar-refractivity contribution is -0.150. The lowest BCUT2D eigenvalue weighted by atomic mass is 10.0. The molecule has 0 aliphatic carbocycles. The maximum atomic E-state index is 12.5. The third-order valence-electron chi connectivity index (χ3n) is 8.12. The topological polar surface area (TPSA) is 29.5 Å². The van der Waals surface area contributed by atoms with E-state index in [4.69, 9.17) is 4.74 Å². The van der Waals surface area contributed by atoms with E-state index < -0.39 is 0 Å². The largest absolute Gasteiger partial charge is 0.462 e. The van der Waals surface area contributed by atoms with Crippen LogP contribution in [0.1, 0.15) is 168 Å². The van der Waals surface area contributed by atoms with Crippen LogP contribution in [0.4, 0.5) is 0 Å². The van der Waals surface area contributed by atoms with Gasteiger partial charge in [0.05, 0.1) is 0 Å². The van der Waals surface area contributed by atoms with Crippen LogP contribution in [0.25, 0.3) is 0 Å². The van der Waals surface area contributed by atoms with Crippen molar-refractivity contribution < 1.29 is 9.53 Å². The number of hydrogen-bond donors (Lipinski definition) is 0. The molecule has 0 aromatic heterocycles. The number of rotatable bonds is 33. The Morgan fingerprint density at radius 2 is 0.870 bits per heavy atom. The van der Waals surface area contributed by atoms with Gasteiger partial charge in [0.15, 0.2) is 0 Å². The van der Waals surface area contributed by atoms with Gasteiger partial charge in [-0.15, -0.1) is 0 Å². The monoisotopic (exact) mass is 638 g/mol. The average Bonchev–Trinajstić information content (AvgIpc) is 3.04. The van der Waals surface area contributed by atoms with Crippen molar-refractivity contribution in [2.24, 2.45) is 0 Å². The fraction of sp³-hybridized carbons (Fsp3) is 0.698. The Bertz CT molecular complexity index is 763. The van der Waals surface area contributed by atoms with E-state index >= 15 is 0 Å². The zero-order valence-corrected chi connectivity index (χ0v) is 30.9. The summed E-state index contributed by atoms with van der Waals surface area (Å²) < 4.78 is 5.97. The second kappa shape index (κ2) is 37.3. The fourth-order valence-corrected chi connectivity index (χ4v) is 5.25. The van der Waals surface area contributed by atoms with E-state index in [2.05, 4.69) is 106 Å². The first-order valence-corrected chi connectivity index (χ1v) is 19.3. The number of nitrogens with zero attached hydrogens (tertiary/aromatic N) is 1. The van der Waals surface area contributed by atoms with E-state index in [1.165, 1.54) is 77.0 Å². The number of allylic oxidation sites excluding steroid dienone is 12. The number of unbranched alkanes of at least 4 members (excludes halogenated alkanes) is 12. The Morgan fingerprint density at radius 3 is 1.24 bits per heavy atom. The van der Waals surface area contributed by atoms with Crippen LogP contribution in [0.3, 0.4) is 0 Å². The Kier molecular flexibility index (Phi) is 35.6. The number of ether oxygens (including phenoxy) is 1. The van der Waals surface area contributed by atoms with Crippen molar-refractivity contribution in [2.75, 3.05) is 20.6 Å². The molecule has 0 bridgehead atoms. The van der Waals surface area contributed by atoms with Crippen LogP contribution in [0.5, 0.6) is 0 Å². The van der Waals surface area contributed by atoms with Crippen LogP contribution in [0, 0.1) is 0 Å². The highest BCUT2D eigenvalue weighted by Gasteiger charge is 2.14. The highest BCUT2D eigenvalue weighted by Crippen LogP contribution is 2.17. The summed E-state index contributed by atoms with van der Waals surface area (Å²) in [6.07, 6.45) is 54.9. The second-order valence-corrected chi connectivity index (χ2v) is 13.1. The lowest BCUT2D eigenvalue weighted by Crippen LogP contribution is -2.20. The molecule has 0 fully saturated rings. The van der Waals surface area contributed by atoms with Gasteiger partial charge in [0, 0.05) is 6.42 Å². The number of esters is 1. The summed E-state index contributed by atoms with van der Waals surface area (Å²) in [7, 11) is 4.10.